The van der Waals surface area contributed by atoms with E-state index in [9.17, 15) is 9.59 Å². The number of methoxy groups -OCH3 is 1. The number of para-hydroxylation sites is 1. The number of nitrogens with one attached hydrogen (secondary N) is 1. The number of hydrogen-bond acceptors (Lipinski definition) is 3. The molecule has 1 aromatic heterocycles. The third kappa shape index (κ3) is 3.07. The first-order valence-corrected chi connectivity index (χ1v) is 6.79. The summed E-state index contributed by atoms with van der Waals surface area (Å²) in [5, 5.41) is 3.80. The first-order chi connectivity index (χ1) is 9.85. The molecular formula is C16H20N2O3. The van der Waals surface area contributed by atoms with Crippen LogP contribution in [-0.2, 0) is 20.9 Å². The van der Waals surface area contributed by atoms with Crippen LogP contribution in [0.25, 0.3) is 10.9 Å². The Morgan fingerprint density at radius 3 is 2.62 bits per heavy atom. The number of aryl methyl sites for hydroxylation is 1. The SMILES string of the molecule is COC(=O)C(C)(C)NC(=O)Cn1c(C)cc2ccccc21. The number of amides is 1. The lowest BCUT2D eigenvalue weighted by Gasteiger charge is -2.23. The summed E-state index contributed by atoms with van der Waals surface area (Å²) in [7, 11) is 1.31. The topological polar surface area (TPSA) is 60.3 Å². The van der Waals surface area contributed by atoms with Crippen molar-refractivity contribution >= 4 is 22.8 Å². The molecule has 0 aliphatic carbocycles. The summed E-state index contributed by atoms with van der Waals surface area (Å²) in [5.74, 6) is -0.695. The number of ether oxygens (including phenoxy) is 1. The van der Waals surface area contributed by atoms with Crippen molar-refractivity contribution < 1.29 is 14.3 Å². The number of carbonyl (C=O) groups is 2. The zero-order valence-corrected chi connectivity index (χ0v) is 12.8. The summed E-state index contributed by atoms with van der Waals surface area (Å²) >= 11 is 0. The molecule has 21 heavy (non-hydrogen) atoms. The number of hydrogen-bond donors (Lipinski definition) is 1. The van der Waals surface area contributed by atoms with Crippen molar-refractivity contribution in [1.82, 2.24) is 9.88 Å². The van der Waals surface area contributed by atoms with Crippen LogP contribution in [0.15, 0.2) is 30.3 Å². The Labute approximate surface area is 123 Å². The third-order valence-corrected chi connectivity index (χ3v) is 3.47. The molecule has 1 heterocycles. The highest BCUT2D eigenvalue weighted by Crippen LogP contribution is 2.19. The second kappa shape index (κ2) is 5.60. The quantitative estimate of drug-likeness (QED) is 0.876. The molecule has 0 bridgehead atoms. The lowest BCUT2D eigenvalue weighted by Crippen LogP contribution is -2.51. The minimum atomic E-state index is -1.04. The van der Waals surface area contributed by atoms with Crippen molar-refractivity contribution in [3.63, 3.8) is 0 Å². The summed E-state index contributed by atoms with van der Waals surface area (Å²) in [4.78, 5) is 23.8. The van der Waals surface area contributed by atoms with E-state index in [1.807, 2.05) is 41.8 Å². The van der Waals surface area contributed by atoms with Gasteiger partial charge in [0.25, 0.3) is 0 Å². The van der Waals surface area contributed by atoms with Gasteiger partial charge in [-0.3, -0.25) is 4.79 Å². The van der Waals surface area contributed by atoms with E-state index in [2.05, 4.69) is 10.1 Å². The number of fused-ring (bicyclic) bond motifs is 1. The molecule has 0 saturated carbocycles. The summed E-state index contributed by atoms with van der Waals surface area (Å²) in [5.41, 5.74) is 0.964. The van der Waals surface area contributed by atoms with Gasteiger partial charge < -0.3 is 14.6 Å². The van der Waals surface area contributed by atoms with E-state index in [1.165, 1.54) is 7.11 Å². The Hall–Kier alpha value is -2.30. The molecule has 1 aromatic carbocycles. The number of aromatic nitrogens is 1. The number of benzene rings is 1. The van der Waals surface area contributed by atoms with Crippen molar-refractivity contribution in [3.05, 3.63) is 36.0 Å². The van der Waals surface area contributed by atoms with Crippen LogP contribution in [0.4, 0.5) is 0 Å². The van der Waals surface area contributed by atoms with E-state index in [0.717, 1.165) is 16.6 Å². The summed E-state index contributed by atoms with van der Waals surface area (Å²) in [6.45, 7) is 5.37. The lowest BCUT2D eigenvalue weighted by molar-refractivity contribution is -0.149. The van der Waals surface area contributed by atoms with E-state index in [-0.39, 0.29) is 12.5 Å². The molecule has 112 valence electrons. The second-order valence-corrected chi connectivity index (χ2v) is 5.60. The van der Waals surface area contributed by atoms with Crippen molar-refractivity contribution in [2.24, 2.45) is 0 Å². The van der Waals surface area contributed by atoms with Gasteiger partial charge in [-0.25, -0.2) is 4.79 Å². The van der Waals surface area contributed by atoms with Gasteiger partial charge in [-0.15, -0.1) is 0 Å². The maximum atomic E-state index is 12.2. The van der Waals surface area contributed by atoms with E-state index in [0.29, 0.717) is 0 Å². The van der Waals surface area contributed by atoms with Crippen LogP contribution < -0.4 is 5.32 Å². The van der Waals surface area contributed by atoms with Crippen LogP contribution in [0.3, 0.4) is 0 Å². The predicted octanol–water partition coefficient (Wildman–Crippen LogP) is 2.02. The van der Waals surface area contributed by atoms with Crippen LogP contribution in [0, 0.1) is 6.92 Å². The molecule has 0 saturated heterocycles. The van der Waals surface area contributed by atoms with Crippen molar-refractivity contribution in [1.29, 1.82) is 0 Å². The summed E-state index contributed by atoms with van der Waals surface area (Å²) in [6, 6.07) is 9.92. The molecule has 1 N–H and O–H groups in total. The molecule has 2 rings (SSSR count). The van der Waals surface area contributed by atoms with Gasteiger partial charge in [0.1, 0.15) is 12.1 Å². The van der Waals surface area contributed by atoms with Gasteiger partial charge in [-0.2, -0.15) is 0 Å². The molecule has 1 amide bonds. The molecule has 2 aromatic rings. The average Bonchev–Trinajstić information content (AvgIpc) is 2.73. The Morgan fingerprint density at radius 1 is 1.29 bits per heavy atom. The summed E-state index contributed by atoms with van der Waals surface area (Å²) < 4.78 is 6.61. The largest absolute Gasteiger partial charge is 0.467 e. The third-order valence-electron chi connectivity index (χ3n) is 3.47. The molecule has 5 heteroatoms. The van der Waals surface area contributed by atoms with Gasteiger partial charge >= 0.3 is 5.97 Å². The minimum absolute atomic E-state index is 0.166. The smallest absolute Gasteiger partial charge is 0.330 e. The van der Waals surface area contributed by atoms with E-state index in [4.69, 9.17) is 0 Å². The Balaban J connectivity index is 2.19. The number of rotatable bonds is 4. The molecule has 0 aliphatic heterocycles. The average molecular weight is 288 g/mol. The zero-order valence-electron chi connectivity index (χ0n) is 12.8. The first kappa shape index (κ1) is 15.1. The lowest BCUT2D eigenvalue weighted by atomic mass is 10.1. The molecule has 0 spiro atoms. The Morgan fingerprint density at radius 2 is 1.95 bits per heavy atom. The van der Waals surface area contributed by atoms with E-state index < -0.39 is 11.5 Å². The Kier molecular flexibility index (Phi) is 4.02. The van der Waals surface area contributed by atoms with Gasteiger partial charge in [-0.05, 0) is 38.3 Å². The second-order valence-electron chi connectivity index (χ2n) is 5.60. The minimum Gasteiger partial charge on any atom is -0.467 e. The monoisotopic (exact) mass is 288 g/mol. The van der Waals surface area contributed by atoms with Crippen molar-refractivity contribution in [3.8, 4) is 0 Å². The van der Waals surface area contributed by atoms with Crippen LogP contribution >= 0.6 is 0 Å². The maximum absolute atomic E-state index is 12.2. The predicted molar refractivity (Wildman–Crippen MR) is 80.9 cm³/mol. The molecule has 0 aliphatic rings. The van der Waals surface area contributed by atoms with E-state index in [1.54, 1.807) is 13.8 Å². The van der Waals surface area contributed by atoms with Gasteiger partial charge in [0, 0.05) is 11.2 Å². The van der Waals surface area contributed by atoms with Gasteiger partial charge in [0.05, 0.1) is 7.11 Å². The van der Waals surface area contributed by atoms with Gasteiger partial charge in [-0.1, -0.05) is 18.2 Å². The van der Waals surface area contributed by atoms with Crippen LogP contribution in [0.5, 0.6) is 0 Å². The van der Waals surface area contributed by atoms with Gasteiger partial charge in [0.15, 0.2) is 0 Å². The normalized spacial score (nSPS) is 11.4. The molecular weight excluding hydrogens is 268 g/mol. The highest BCUT2D eigenvalue weighted by molar-refractivity contribution is 5.88. The number of esters is 1. The van der Waals surface area contributed by atoms with Gasteiger partial charge in [0.2, 0.25) is 5.91 Å². The standard InChI is InChI=1S/C16H20N2O3/c1-11-9-12-7-5-6-8-13(12)18(11)10-14(19)17-16(2,3)15(20)21-4/h5-9H,10H2,1-4H3,(H,17,19). The number of carbonyl (C=O) groups excluding carboxylic acids is 2. The van der Waals surface area contributed by atoms with Crippen LogP contribution in [-0.4, -0.2) is 29.1 Å². The van der Waals surface area contributed by atoms with Crippen LogP contribution in [0.1, 0.15) is 19.5 Å². The van der Waals surface area contributed by atoms with Crippen molar-refractivity contribution in [2.45, 2.75) is 32.9 Å². The van der Waals surface area contributed by atoms with Crippen LogP contribution in [0.2, 0.25) is 0 Å². The molecule has 0 fully saturated rings. The zero-order chi connectivity index (χ0) is 15.6. The highest BCUT2D eigenvalue weighted by atomic mass is 16.5. The fraction of sp³-hybridized carbons (Fsp3) is 0.375. The summed E-state index contributed by atoms with van der Waals surface area (Å²) in [6.07, 6.45) is 0. The van der Waals surface area contributed by atoms with E-state index >= 15 is 0 Å². The fourth-order valence-corrected chi connectivity index (χ4v) is 2.40. The molecule has 0 unspecified atom stereocenters. The Bertz CT molecular complexity index is 686. The maximum Gasteiger partial charge on any atom is 0.330 e. The first-order valence-electron chi connectivity index (χ1n) is 6.79. The highest BCUT2D eigenvalue weighted by Gasteiger charge is 2.30. The number of nitrogens with zero attached hydrogens (tertiary/aromatic N) is 1. The molecule has 0 atom stereocenters. The fourth-order valence-electron chi connectivity index (χ4n) is 2.40. The molecule has 0 radical (unpaired) electrons. The molecule has 5 nitrogen and oxygen atoms in total. The van der Waals surface area contributed by atoms with Crippen molar-refractivity contribution in [2.75, 3.05) is 7.11 Å².